The molecule has 0 spiro atoms. The fraction of sp³-hybridized carbons (Fsp3) is 0.800. The highest BCUT2D eigenvalue weighted by atomic mass is 16.5. The first-order valence-corrected chi connectivity index (χ1v) is 4.89. The molecule has 16 heavy (non-hydrogen) atoms. The third-order valence-corrected chi connectivity index (χ3v) is 2.26. The third kappa shape index (κ3) is 3.79. The highest BCUT2D eigenvalue weighted by molar-refractivity contribution is 6.00. The van der Waals surface area contributed by atoms with Crippen molar-refractivity contribution < 1.29 is 24.5 Å². The van der Waals surface area contributed by atoms with Gasteiger partial charge in [0.05, 0.1) is 12.7 Å². The van der Waals surface area contributed by atoms with Gasteiger partial charge in [-0.15, -0.1) is 0 Å². The molecule has 0 saturated heterocycles. The second-order valence-electron chi connectivity index (χ2n) is 4.22. The molecule has 6 heteroatoms. The molecule has 0 aromatic heterocycles. The van der Waals surface area contributed by atoms with Crippen molar-refractivity contribution in [3.63, 3.8) is 0 Å². The molecule has 1 amide bonds. The molecule has 0 saturated carbocycles. The molecule has 1 unspecified atom stereocenters. The van der Waals surface area contributed by atoms with E-state index in [2.05, 4.69) is 0 Å². The highest BCUT2D eigenvalue weighted by Gasteiger charge is 2.38. The lowest BCUT2D eigenvalue weighted by Gasteiger charge is -2.27. The number of amides is 1. The summed E-state index contributed by atoms with van der Waals surface area (Å²) in [5.41, 5.74) is -1.48. The molecule has 0 aliphatic heterocycles. The van der Waals surface area contributed by atoms with Gasteiger partial charge in [-0.2, -0.15) is 0 Å². The Labute approximate surface area is 94.8 Å². The standard InChI is InChI=1S/C10H19NO5/c1-10(2,9(14)15)8(13)11(3)5-7(12)6-16-4/h7,12H,5-6H2,1-4H3,(H,14,15). The Hall–Kier alpha value is -1.14. The van der Waals surface area contributed by atoms with Gasteiger partial charge in [-0.3, -0.25) is 9.59 Å². The second-order valence-corrected chi connectivity index (χ2v) is 4.22. The zero-order chi connectivity index (χ0) is 12.9. The van der Waals surface area contributed by atoms with Crippen LogP contribution in [0.3, 0.4) is 0 Å². The van der Waals surface area contributed by atoms with Gasteiger partial charge >= 0.3 is 5.97 Å². The summed E-state index contributed by atoms with van der Waals surface area (Å²) in [6, 6.07) is 0. The van der Waals surface area contributed by atoms with Crippen LogP contribution >= 0.6 is 0 Å². The van der Waals surface area contributed by atoms with E-state index >= 15 is 0 Å². The summed E-state index contributed by atoms with van der Waals surface area (Å²) in [7, 11) is 2.89. The highest BCUT2D eigenvalue weighted by Crippen LogP contribution is 2.18. The molecule has 0 radical (unpaired) electrons. The molecule has 0 aliphatic rings. The van der Waals surface area contributed by atoms with Crippen LogP contribution in [0.5, 0.6) is 0 Å². The fourth-order valence-electron chi connectivity index (χ4n) is 1.21. The largest absolute Gasteiger partial charge is 0.480 e. The predicted octanol–water partition coefficient (Wildman–Crippen LogP) is -0.437. The van der Waals surface area contributed by atoms with Crippen molar-refractivity contribution >= 4 is 11.9 Å². The Balaban J connectivity index is 4.45. The number of hydrogen-bond donors (Lipinski definition) is 2. The van der Waals surface area contributed by atoms with Crippen LogP contribution in [0.25, 0.3) is 0 Å². The summed E-state index contributed by atoms with van der Waals surface area (Å²) in [6.45, 7) is 2.81. The summed E-state index contributed by atoms with van der Waals surface area (Å²) >= 11 is 0. The van der Waals surface area contributed by atoms with Crippen molar-refractivity contribution in [3.8, 4) is 0 Å². The van der Waals surface area contributed by atoms with Crippen LogP contribution in [-0.2, 0) is 14.3 Å². The summed E-state index contributed by atoms with van der Waals surface area (Å²) in [5, 5.41) is 18.3. The molecule has 0 rings (SSSR count). The number of carbonyl (C=O) groups excluding carboxylic acids is 1. The molecule has 2 N–H and O–H groups in total. The minimum atomic E-state index is -1.48. The van der Waals surface area contributed by atoms with Crippen molar-refractivity contribution in [2.45, 2.75) is 20.0 Å². The van der Waals surface area contributed by atoms with Gasteiger partial charge in [0, 0.05) is 20.7 Å². The summed E-state index contributed by atoms with van der Waals surface area (Å²) in [4.78, 5) is 23.8. The predicted molar refractivity (Wildman–Crippen MR) is 56.9 cm³/mol. The molecular formula is C10H19NO5. The topological polar surface area (TPSA) is 87.1 Å². The number of aliphatic hydroxyl groups is 1. The fourth-order valence-corrected chi connectivity index (χ4v) is 1.21. The van der Waals surface area contributed by atoms with Crippen LogP contribution in [0.2, 0.25) is 0 Å². The van der Waals surface area contributed by atoms with E-state index in [-0.39, 0.29) is 13.2 Å². The number of hydrogen-bond acceptors (Lipinski definition) is 4. The van der Waals surface area contributed by atoms with Crippen LogP contribution < -0.4 is 0 Å². The Kier molecular flexibility index (Phi) is 5.40. The molecular weight excluding hydrogens is 214 g/mol. The lowest BCUT2D eigenvalue weighted by atomic mass is 9.92. The smallest absolute Gasteiger partial charge is 0.318 e. The van der Waals surface area contributed by atoms with E-state index in [4.69, 9.17) is 9.84 Å². The van der Waals surface area contributed by atoms with Crippen molar-refractivity contribution in [2.75, 3.05) is 27.3 Å². The second kappa shape index (κ2) is 5.81. The van der Waals surface area contributed by atoms with Crippen molar-refractivity contribution in [1.29, 1.82) is 0 Å². The van der Waals surface area contributed by atoms with Gasteiger partial charge in [0.2, 0.25) is 5.91 Å². The number of rotatable bonds is 6. The normalized spacial score (nSPS) is 13.3. The maximum absolute atomic E-state index is 11.7. The Bertz CT molecular complexity index is 264. The Morgan fingerprint density at radius 2 is 1.94 bits per heavy atom. The molecule has 0 fully saturated rings. The van der Waals surface area contributed by atoms with Gasteiger partial charge in [-0.05, 0) is 13.8 Å². The maximum atomic E-state index is 11.7. The van der Waals surface area contributed by atoms with Crippen LogP contribution in [0.15, 0.2) is 0 Å². The van der Waals surface area contributed by atoms with Gasteiger partial charge in [0.15, 0.2) is 0 Å². The summed E-state index contributed by atoms with van der Waals surface area (Å²) in [5.74, 6) is -1.74. The van der Waals surface area contributed by atoms with E-state index in [9.17, 15) is 14.7 Å². The quantitative estimate of drug-likeness (QED) is 0.607. The van der Waals surface area contributed by atoms with Gasteiger partial charge in [0.1, 0.15) is 5.41 Å². The number of methoxy groups -OCH3 is 1. The van der Waals surface area contributed by atoms with E-state index in [0.29, 0.717) is 0 Å². The Morgan fingerprint density at radius 3 is 2.31 bits per heavy atom. The van der Waals surface area contributed by atoms with Gasteiger partial charge in [-0.1, -0.05) is 0 Å². The van der Waals surface area contributed by atoms with E-state index in [1.807, 2.05) is 0 Å². The number of carbonyl (C=O) groups is 2. The molecule has 1 atom stereocenters. The number of likely N-dealkylation sites (N-methyl/N-ethyl adjacent to an activating group) is 1. The monoisotopic (exact) mass is 233 g/mol. The van der Waals surface area contributed by atoms with Crippen LogP contribution in [-0.4, -0.2) is 60.4 Å². The zero-order valence-corrected chi connectivity index (χ0v) is 10.1. The minimum Gasteiger partial charge on any atom is -0.480 e. The zero-order valence-electron chi connectivity index (χ0n) is 10.1. The average Bonchev–Trinajstić information content (AvgIpc) is 2.16. The van der Waals surface area contributed by atoms with Crippen LogP contribution in [0, 0.1) is 5.41 Å². The Morgan fingerprint density at radius 1 is 1.44 bits per heavy atom. The van der Waals surface area contributed by atoms with Crippen LogP contribution in [0.4, 0.5) is 0 Å². The van der Waals surface area contributed by atoms with E-state index in [1.165, 1.54) is 32.9 Å². The number of aliphatic carboxylic acids is 1. The molecule has 0 aliphatic carbocycles. The maximum Gasteiger partial charge on any atom is 0.318 e. The SMILES string of the molecule is COCC(O)CN(C)C(=O)C(C)(C)C(=O)O. The van der Waals surface area contributed by atoms with Crippen molar-refractivity contribution in [3.05, 3.63) is 0 Å². The third-order valence-electron chi connectivity index (χ3n) is 2.26. The summed E-state index contributed by atoms with van der Waals surface area (Å²) in [6.07, 6.45) is -0.816. The first-order chi connectivity index (χ1) is 7.23. The van der Waals surface area contributed by atoms with Gasteiger partial charge < -0.3 is 19.8 Å². The lowest BCUT2D eigenvalue weighted by molar-refractivity contribution is -0.158. The number of nitrogens with zero attached hydrogens (tertiary/aromatic N) is 1. The van der Waals surface area contributed by atoms with E-state index in [0.717, 1.165) is 0 Å². The number of aliphatic hydroxyl groups excluding tert-OH is 1. The number of carboxylic acid groups (broad SMARTS) is 1. The molecule has 6 nitrogen and oxygen atoms in total. The summed E-state index contributed by atoms with van der Waals surface area (Å²) < 4.78 is 4.71. The molecule has 94 valence electrons. The lowest BCUT2D eigenvalue weighted by Crippen LogP contribution is -2.46. The number of carboxylic acids is 1. The molecule has 0 aromatic carbocycles. The van der Waals surface area contributed by atoms with Gasteiger partial charge in [0.25, 0.3) is 0 Å². The van der Waals surface area contributed by atoms with Crippen molar-refractivity contribution in [2.24, 2.45) is 5.41 Å². The molecule has 0 bridgehead atoms. The van der Waals surface area contributed by atoms with Crippen molar-refractivity contribution in [1.82, 2.24) is 4.90 Å². The van der Waals surface area contributed by atoms with Gasteiger partial charge in [-0.25, -0.2) is 0 Å². The average molecular weight is 233 g/mol. The first-order valence-electron chi connectivity index (χ1n) is 4.89. The first kappa shape index (κ1) is 14.9. The molecule has 0 aromatic rings. The number of ether oxygens (including phenoxy) is 1. The van der Waals surface area contributed by atoms with E-state index < -0.39 is 23.4 Å². The van der Waals surface area contributed by atoms with E-state index in [1.54, 1.807) is 0 Å². The molecule has 0 heterocycles. The van der Waals surface area contributed by atoms with Crippen LogP contribution in [0.1, 0.15) is 13.8 Å². The minimum absolute atomic E-state index is 0.0450.